The third kappa shape index (κ3) is 8.52. The SMILES string of the molecule is C/C=C/c1ccc(C2=C3C(=O)N(CC(C)C)C(c4ccc(C(C=C5COCC5=CCC)=C([C]#[Os])[P+](c5ccccc5)(c5ccccc5)c5ccccc5)s4)=C3C(=O)N2CC(C)C)s1. The second kappa shape index (κ2) is 19.6. The first kappa shape index (κ1) is 44.8. The molecule has 0 unspecified atom stereocenters. The van der Waals surface area contributed by atoms with Crippen molar-refractivity contribution in [3.63, 3.8) is 0 Å². The van der Waals surface area contributed by atoms with Gasteiger partial charge in [-0.1, -0.05) is 19.9 Å². The Morgan fingerprint density at radius 2 is 1.21 bits per heavy atom. The topological polar surface area (TPSA) is 49.9 Å². The van der Waals surface area contributed by atoms with E-state index in [1.54, 1.807) is 40.6 Å². The quantitative estimate of drug-likeness (QED) is 0.104. The van der Waals surface area contributed by atoms with Crippen molar-refractivity contribution in [1.29, 1.82) is 0 Å². The summed E-state index contributed by atoms with van der Waals surface area (Å²) in [5, 5.41) is 4.84. The van der Waals surface area contributed by atoms with E-state index in [-0.39, 0.29) is 23.7 Å². The maximum absolute atomic E-state index is 15.0. The van der Waals surface area contributed by atoms with E-state index in [2.05, 4.69) is 172 Å². The minimum absolute atomic E-state index is 0.103. The van der Waals surface area contributed by atoms with Crippen LogP contribution in [0, 0.1) is 16.2 Å². The van der Waals surface area contributed by atoms with E-state index < -0.39 is 7.26 Å². The van der Waals surface area contributed by atoms with Gasteiger partial charge < -0.3 is 0 Å². The molecule has 3 aromatic carbocycles. The molecule has 1 fully saturated rings. The van der Waals surface area contributed by atoms with Gasteiger partial charge in [0, 0.05) is 4.88 Å². The number of allylic oxidation sites excluding steroid dienone is 5. The third-order valence-electron chi connectivity index (χ3n) is 11.4. The Morgan fingerprint density at radius 1 is 0.714 bits per heavy atom. The van der Waals surface area contributed by atoms with Crippen LogP contribution in [0.25, 0.3) is 23.0 Å². The van der Waals surface area contributed by atoms with Crippen molar-refractivity contribution in [2.75, 3.05) is 26.3 Å². The van der Waals surface area contributed by atoms with Crippen molar-refractivity contribution in [2.45, 2.75) is 48.0 Å². The number of ether oxygens (including phenoxy) is 1. The van der Waals surface area contributed by atoms with Crippen LogP contribution in [0.15, 0.2) is 161 Å². The Balaban J connectivity index is 1.43. The zero-order valence-corrected chi connectivity index (χ0v) is 41.8. The molecule has 0 spiro atoms. The predicted octanol–water partition coefficient (Wildman–Crippen LogP) is 11.5. The molecular formula is C54H53N2O3OsPS2+. The monoisotopic (exact) mass is 1060 g/mol. The van der Waals surface area contributed by atoms with Crippen LogP contribution in [0.4, 0.5) is 0 Å². The smallest absolute Gasteiger partial charge is 0.0611 e. The molecule has 2 aromatic heterocycles. The van der Waals surface area contributed by atoms with Crippen molar-refractivity contribution in [2.24, 2.45) is 11.8 Å². The molecule has 5 heterocycles. The molecule has 9 heteroatoms. The van der Waals surface area contributed by atoms with E-state index >= 15 is 9.59 Å². The first-order chi connectivity index (χ1) is 30.6. The third-order valence-corrected chi connectivity index (χ3v) is 18.9. The van der Waals surface area contributed by atoms with Gasteiger partial charge in [0.25, 0.3) is 0 Å². The van der Waals surface area contributed by atoms with E-state index in [0.717, 1.165) is 48.1 Å². The van der Waals surface area contributed by atoms with Gasteiger partial charge >= 0.3 is 350 Å². The normalized spacial score (nSPS) is 17.5. The van der Waals surface area contributed by atoms with Crippen LogP contribution in [0.3, 0.4) is 0 Å². The van der Waals surface area contributed by atoms with Crippen molar-refractivity contribution < 1.29 is 32.3 Å². The van der Waals surface area contributed by atoms with Crippen LogP contribution in [0.5, 0.6) is 0 Å². The molecular weight excluding hydrogens is 1010 g/mol. The molecule has 3 aliphatic heterocycles. The zero-order chi connectivity index (χ0) is 44.3. The summed E-state index contributed by atoms with van der Waals surface area (Å²) in [7, 11) is -2.60. The van der Waals surface area contributed by atoms with Crippen molar-refractivity contribution in [3.8, 4) is 4.37 Å². The second-order valence-corrected chi connectivity index (χ2v) is 22.9. The Kier molecular flexibility index (Phi) is 13.9. The summed E-state index contributed by atoms with van der Waals surface area (Å²) in [6.07, 6.45) is 9.63. The summed E-state index contributed by atoms with van der Waals surface area (Å²) in [5.41, 5.74) is 5.92. The van der Waals surface area contributed by atoms with E-state index in [1.165, 1.54) is 21.5 Å². The minimum Gasteiger partial charge on any atom is -0.0611 e. The van der Waals surface area contributed by atoms with Crippen LogP contribution in [-0.4, -0.2) is 47.9 Å². The number of hydrogen-bond donors (Lipinski definition) is 0. The molecule has 0 radical (unpaired) electrons. The van der Waals surface area contributed by atoms with Gasteiger partial charge in [-0.25, -0.2) is 0 Å². The molecule has 0 N–H and O–H groups in total. The van der Waals surface area contributed by atoms with Gasteiger partial charge in [-0.3, -0.25) is 0 Å². The average Bonchev–Trinajstić information content (AvgIpc) is 4.14. The number of amides is 2. The Morgan fingerprint density at radius 3 is 1.68 bits per heavy atom. The maximum atomic E-state index is 15.0. The Hall–Kier alpha value is -4.75. The summed E-state index contributed by atoms with van der Waals surface area (Å²) in [6.45, 7) is 14.8. The number of carbonyl (C=O) groups is 2. The number of nitrogens with zero attached hydrogens (tertiary/aromatic N) is 2. The molecule has 63 heavy (non-hydrogen) atoms. The van der Waals surface area contributed by atoms with Crippen LogP contribution in [-0.2, 0) is 32.3 Å². The number of rotatable bonds is 14. The van der Waals surface area contributed by atoms with Crippen LogP contribution < -0.4 is 15.9 Å². The Bertz CT molecular complexity index is 2670. The number of thiophene rings is 2. The standard InChI is InChI=1S/C54H53N2O3PS2.Os/c1-8-19-39-34-59-35-40(39)31-45(38(7)60(41-21-13-10-14-22-41,42-23-15-11-16-24-42)43-25-17-12-18-26-43)46-29-30-48(62-46)52-50-49(53(57)56(52)33-37(5)6)51(55(54(50)58)32-36(3)4)47-28-27-44(61-47)20-9-2;/h9-31,36-37H,8,32-35H2,1-6H3;/q+1;/b20-9+,39-19?,40-31?,45-38?;. The summed E-state index contributed by atoms with van der Waals surface area (Å²) >= 11 is 5.05. The molecule has 3 aliphatic rings. The molecule has 5 nitrogen and oxygen atoms in total. The van der Waals surface area contributed by atoms with Gasteiger partial charge in [0.15, 0.2) is 0 Å². The van der Waals surface area contributed by atoms with Gasteiger partial charge in [0.1, 0.15) is 0 Å². The molecule has 321 valence electrons. The molecule has 0 aliphatic carbocycles. The number of fused-ring (bicyclic) bond motifs is 1. The fraction of sp³-hybridized carbons (Fsp3) is 0.241. The van der Waals surface area contributed by atoms with Crippen molar-refractivity contribution in [3.05, 3.63) is 181 Å². The van der Waals surface area contributed by atoms with Gasteiger partial charge in [0.05, 0.1) is 0 Å². The van der Waals surface area contributed by atoms with E-state index in [4.69, 9.17) is 4.74 Å². The van der Waals surface area contributed by atoms with E-state index in [0.29, 0.717) is 43.1 Å². The van der Waals surface area contributed by atoms with Gasteiger partial charge in [-0.05, 0) is 19.1 Å². The summed E-state index contributed by atoms with van der Waals surface area (Å²) in [6, 6.07) is 41.2. The van der Waals surface area contributed by atoms with Crippen LogP contribution >= 0.6 is 29.9 Å². The minimum atomic E-state index is -2.60. The molecule has 0 atom stereocenters. The van der Waals surface area contributed by atoms with Crippen LogP contribution in [0.2, 0.25) is 0 Å². The summed E-state index contributed by atoms with van der Waals surface area (Å²) in [5.74, 6) is 0.170. The fourth-order valence-electron chi connectivity index (χ4n) is 8.87. The van der Waals surface area contributed by atoms with Crippen LogP contribution in [0.1, 0.15) is 67.5 Å². The van der Waals surface area contributed by atoms with Gasteiger partial charge in [-0.2, -0.15) is 0 Å². The molecule has 1 saturated heterocycles. The van der Waals surface area contributed by atoms with Gasteiger partial charge in [0.2, 0.25) is 0 Å². The molecule has 0 bridgehead atoms. The predicted molar refractivity (Wildman–Crippen MR) is 264 cm³/mol. The molecule has 8 rings (SSSR count). The fourth-order valence-corrected chi connectivity index (χ4v) is 16.9. The van der Waals surface area contributed by atoms with E-state index in [1.807, 2.05) is 22.8 Å². The summed E-state index contributed by atoms with van der Waals surface area (Å²) < 4.78 is 10.0. The molecule has 2 amide bonds. The van der Waals surface area contributed by atoms with E-state index in [9.17, 15) is 0 Å². The zero-order valence-electron chi connectivity index (χ0n) is 36.7. The summed E-state index contributed by atoms with van der Waals surface area (Å²) in [4.78, 5) is 37.8. The number of hydrogen-bond acceptors (Lipinski definition) is 5. The second-order valence-electron chi connectivity index (χ2n) is 16.8. The Labute approximate surface area is 391 Å². The molecule has 0 saturated carbocycles. The van der Waals surface area contributed by atoms with Gasteiger partial charge in [-0.15, -0.1) is 0 Å². The van der Waals surface area contributed by atoms with Crippen molar-refractivity contribution in [1.82, 2.24) is 9.80 Å². The molecule has 5 aromatic rings. The first-order valence-electron chi connectivity index (χ1n) is 21.7. The number of carbonyl (C=O) groups excluding carboxylic acids is 2. The number of benzene rings is 3. The van der Waals surface area contributed by atoms with Crippen molar-refractivity contribution >= 4 is 80.7 Å². The average molecular weight is 1060 g/mol. The first-order valence-corrected chi connectivity index (χ1v) is 26.4.